The second-order valence-corrected chi connectivity index (χ2v) is 7.01. The van der Waals surface area contributed by atoms with E-state index in [1.807, 2.05) is 26.1 Å². The van der Waals surface area contributed by atoms with Crippen molar-refractivity contribution in [3.05, 3.63) is 29.6 Å². The van der Waals surface area contributed by atoms with Gasteiger partial charge in [-0.2, -0.15) is 0 Å². The molecule has 20 heavy (non-hydrogen) atoms. The van der Waals surface area contributed by atoms with Gasteiger partial charge in [0.15, 0.2) is 0 Å². The molecule has 0 aliphatic heterocycles. The van der Waals surface area contributed by atoms with Crippen molar-refractivity contribution in [2.24, 2.45) is 11.1 Å². The van der Waals surface area contributed by atoms with E-state index in [1.165, 1.54) is 12.8 Å². The van der Waals surface area contributed by atoms with Crippen LogP contribution in [0.1, 0.15) is 58.1 Å². The SMILES string of the molecule is C[C@H](N)c1ccc(N(C)C2CCC(C)(C)CC2)c(F)c1. The van der Waals surface area contributed by atoms with E-state index in [9.17, 15) is 4.39 Å². The highest BCUT2D eigenvalue weighted by Gasteiger charge is 2.29. The maximum absolute atomic E-state index is 14.3. The van der Waals surface area contributed by atoms with Crippen LogP contribution in [0.25, 0.3) is 0 Å². The number of nitrogens with two attached hydrogens (primary N) is 1. The largest absolute Gasteiger partial charge is 0.369 e. The molecule has 0 spiro atoms. The molecule has 0 amide bonds. The van der Waals surface area contributed by atoms with Gasteiger partial charge in [0.05, 0.1) is 5.69 Å². The van der Waals surface area contributed by atoms with Gasteiger partial charge in [0.1, 0.15) is 5.82 Å². The standard InChI is InChI=1S/C17H27FN2/c1-12(19)13-5-6-16(15(18)11-13)20(4)14-7-9-17(2,3)10-8-14/h5-6,11-12,14H,7-10,19H2,1-4H3/t12-/m0/s1. The molecule has 3 heteroatoms. The topological polar surface area (TPSA) is 29.3 Å². The van der Waals surface area contributed by atoms with E-state index in [-0.39, 0.29) is 11.9 Å². The van der Waals surface area contributed by atoms with E-state index in [0.717, 1.165) is 18.4 Å². The Morgan fingerprint density at radius 3 is 2.40 bits per heavy atom. The third-order valence-corrected chi connectivity index (χ3v) is 4.73. The summed E-state index contributed by atoms with van der Waals surface area (Å²) < 4.78 is 14.3. The van der Waals surface area contributed by atoms with Gasteiger partial charge in [0.25, 0.3) is 0 Å². The average molecular weight is 278 g/mol. The lowest BCUT2D eigenvalue weighted by Gasteiger charge is -2.39. The molecule has 2 N–H and O–H groups in total. The van der Waals surface area contributed by atoms with Crippen LogP contribution in [0.15, 0.2) is 18.2 Å². The van der Waals surface area contributed by atoms with Gasteiger partial charge in [-0.1, -0.05) is 19.9 Å². The van der Waals surface area contributed by atoms with Crippen LogP contribution in [-0.4, -0.2) is 13.1 Å². The van der Waals surface area contributed by atoms with Crippen LogP contribution < -0.4 is 10.6 Å². The summed E-state index contributed by atoms with van der Waals surface area (Å²) >= 11 is 0. The van der Waals surface area contributed by atoms with E-state index < -0.39 is 0 Å². The molecule has 0 aromatic heterocycles. The van der Waals surface area contributed by atoms with Gasteiger partial charge in [-0.3, -0.25) is 0 Å². The number of benzene rings is 1. The van der Waals surface area contributed by atoms with Gasteiger partial charge in [0.2, 0.25) is 0 Å². The summed E-state index contributed by atoms with van der Waals surface area (Å²) in [6.45, 7) is 6.52. The average Bonchev–Trinajstić information content (AvgIpc) is 2.37. The second-order valence-electron chi connectivity index (χ2n) is 7.01. The fraction of sp³-hybridized carbons (Fsp3) is 0.647. The molecule has 1 fully saturated rings. The van der Waals surface area contributed by atoms with Crippen molar-refractivity contribution in [2.45, 2.75) is 58.5 Å². The lowest BCUT2D eigenvalue weighted by Crippen LogP contribution is -2.37. The number of rotatable bonds is 3. The highest BCUT2D eigenvalue weighted by Crippen LogP contribution is 2.38. The maximum Gasteiger partial charge on any atom is 0.146 e. The minimum absolute atomic E-state index is 0.126. The van der Waals surface area contributed by atoms with Gasteiger partial charge >= 0.3 is 0 Å². The molecular formula is C17H27FN2. The normalized spacial score (nSPS) is 20.7. The zero-order valence-electron chi connectivity index (χ0n) is 13.1. The van der Waals surface area contributed by atoms with Crippen molar-refractivity contribution in [1.82, 2.24) is 0 Å². The van der Waals surface area contributed by atoms with E-state index in [4.69, 9.17) is 5.73 Å². The van der Waals surface area contributed by atoms with Crippen molar-refractivity contribution in [2.75, 3.05) is 11.9 Å². The number of halogens is 1. The Bertz CT molecular complexity index is 458. The van der Waals surface area contributed by atoms with Crippen LogP contribution in [0.3, 0.4) is 0 Å². The first-order chi connectivity index (χ1) is 9.30. The third kappa shape index (κ3) is 3.32. The molecule has 1 saturated carbocycles. The second kappa shape index (κ2) is 5.72. The Balaban J connectivity index is 2.12. The Labute approximate surface area is 122 Å². The van der Waals surface area contributed by atoms with E-state index in [2.05, 4.69) is 18.7 Å². The highest BCUT2D eigenvalue weighted by atomic mass is 19.1. The smallest absolute Gasteiger partial charge is 0.146 e. The predicted octanol–water partition coefficient (Wildman–Crippen LogP) is 4.25. The molecule has 2 rings (SSSR count). The lowest BCUT2D eigenvalue weighted by molar-refractivity contribution is 0.222. The molecule has 0 unspecified atom stereocenters. The summed E-state index contributed by atoms with van der Waals surface area (Å²) in [7, 11) is 2.01. The van der Waals surface area contributed by atoms with E-state index >= 15 is 0 Å². The molecular weight excluding hydrogens is 251 g/mol. The van der Waals surface area contributed by atoms with Gasteiger partial charge in [-0.15, -0.1) is 0 Å². The molecule has 1 aromatic carbocycles. The van der Waals surface area contributed by atoms with Gasteiger partial charge in [0, 0.05) is 19.1 Å². The summed E-state index contributed by atoms with van der Waals surface area (Å²) in [5.41, 5.74) is 7.79. The Kier molecular flexibility index (Phi) is 4.38. The van der Waals surface area contributed by atoms with Crippen molar-refractivity contribution in [1.29, 1.82) is 0 Å². The molecule has 0 radical (unpaired) electrons. The van der Waals surface area contributed by atoms with Crippen LogP contribution in [0, 0.1) is 11.2 Å². The highest BCUT2D eigenvalue weighted by molar-refractivity contribution is 5.50. The molecule has 1 aliphatic carbocycles. The summed E-state index contributed by atoms with van der Waals surface area (Å²) in [6, 6.07) is 5.70. The van der Waals surface area contributed by atoms with Gasteiger partial charge < -0.3 is 10.6 Å². The first kappa shape index (κ1) is 15.3. The summed E-state index contributed by atoms with van der Waals surface area (Å²) in [6.07, 6.45) is 4.69. The van der Waals surface area contributed by atoms with Gasteiger partial charge in [-0.05, 0) is 55.7 Å². The van der Waals surface area contributed by atoms with Crippen LogP contribution in [0.4, 0.5) is 10.1 Å². The molecule has 0 bridgehead atoms. The van der Waals surface area contributed by atoms with Crippen LogP contribution in [0.2, 0.25) is 0 Å². The molecule has 1 atom stereocenters. The molecule has 0 saturated heterocycles. The van der Waals surface area contributed by atoms with Crippen molar-refractivity contribution in [3.63, 3.8) is 0 Å². The van der Waals surface area contributed by atoms with Crippen LogP contribution in [-0.2, 0) is 0 Å². The zero-order chi connectivity index (χ0) is 14.9. The number of anilines is 1. The molecule has 0 heterocycles. The number of hydrogen-bond acceptors (Lipinski definition) is 2. The van der Waals surface area contributed by atoms with E-state index in [1.54, 1.807) is 6.07 Å². The van der Waals surface area contributed by atoms with Crippen LogP contribution >= 0.6 is 0 Å². The fourth-order valence-corrected chi connectivity index (χ4v) is 3.06. The molecule has 112 valence electrons. The first-order valence-electron chi connectivity index (χ1n) is 7.58. The fourth-order valence-electron chi connectivity index (χ4n) is 3.06. The van der Waals surface area contributed by atoms with Crippen molar-refractivity contribution < 1.29 is 4.39 Å². The summed E-state index contributed by atoms with van der Waals surface area (Å²) in [5, 5.41) is 0. The number of hydrogen-bond donors (Lipinski definition) is 1. The third-order valence-electron chi connectivity index (χ3n) is 4.73. The number of nitrogens with zero attached hydrogens (tertiary/aromatic N) is 1. The quantitative estimate of drug-likeness (QED) is 0.895. The minimum Gasteiger partial charge on any atom is -0.369 e. The Hall–Kier alpha value is -1.09. The maximum atomic E-state index is 14.3. The first-order valence-corrected chi connectivity index (χ1v) is 7.58. The Morgan fingerprint density at radius 2 is 1.90 bits per heavy atom. The summed E-state index contributed by atoms with van der Waals surface area (Å²) in [4.78, 5) is 2.11. The molecule has 2 nitrogen and oxygen atoms in total. The van der Waals surface area contributed by atoms with Gasteiger partial charge in [-0.25, -0.2) is 4.39 Å². The van der Waals surface area contributed by atoms with E-state index in [0.29, 0.717) is 17.1 Å². The summed E-state index contributed by atoms with van der Waals surface area (Å²) in [5.74, 6) is -0.160. The van der Waals surface area contributed by atoms with Crippen molar-refractivity contribution in [3.8, 4) is 0 Å². The predicted molar refractivity (Wildman–Crippen MR) is 83.4 cm³/mol. The van der Waals surface area contributed by atoms with Crippen molar-refractivity contribution >= 4 is 5.69 Å². The molecule has 1 aliphatic rings. The monoisotopic (exact) mass is 278 g/mol. The minimum atomic E-state index is -0.160. The zero-order valence-corrected chi connectivity index (χ0v) is 13.1. The lowest BCUT2D eigenvalue weighted by atomic mass is 9.75. The Morgan fingerprint density at radius 1 is 1.30 bits per heavy atom. The molecule has 1 aromatic rings. The van der Waals surface area contributed by atoms with Crippen LogP contribution in [0.5, 0.6) is 0 Å².